The molecular formula is C36H46N4. The van der Waals surface area contributed by atoms with Crippen LogP contribution in [0, 0.1) is 0 Å². The first-order valence-corrected chi connectivity index (χ1v) is 15.5. The van der Waals surface area contributed by atoms with E-state index >= 15 is 0 Å². The van der Waals surface area contributed by atoms with Gasteiger partial charge < -0.3 is 0 Å². The molecule has 4 nitrogen and oxygen atoms in total. The van der Waals surface area contributed by atoms with Crippen LogP contribution >= 0.6 is 0 Å². The lowest BCUT2D eigenvalue weighted by Crippen LogP contribution is -2.07. The molecule has 4 heteroatoms. The molecule has 0 radical (unpaired) electrons. The zero-order valence-electron chi connectivity index (χ0n) is 25.9. The van der Waals surface area contributed by atoms with Crippen molar-refractivity contribution in [2.45, 2.75) is 107 Å². The summed E-state index contributed by atoms with van der Waals surface area (Å²) in [5.74, 6) is 0. The van der Waals surface area contributed by atoms with E-state index in [4.69, 9.17) is 20.0 Å². The van der Waals surface area contributed by atoms with Gasteiger partial charge in [-0.2, -0.15) is 0 Å². The van der Waals surface area contributed by atoms with Crippen molar-refractivity contribution in [3.05, 3.63) is 79.5 Å². The third kappa shape index (κ3) is 5.46. The zero-order valence-corrected chi connectivity index (χ0v) is 25.9. The molecule has 0 bridgehead atoms. The Bertz CT molecular complexity index is 1350. The van der Waals surface area contributed by atoms with E-state index in [1.165, 1.54) is 55.7 Å². The van der Waals surface area contributed by atoms with E-state index in [2.05, 4.69) is 67.5 Å². The van der Waals surface area contributed by atoms with Crippen molar-refractivity contribution in [2.75, 3.05) is 0 Å². The highest BCUT2D eigenvalue weighted by Gasteiger charge is 2.21. The molecule has 0 N–H and O–H groups in total. The highest BCUT2D eigenvalue weighted by Crippen LogP contribution is 2.36. The topological polar surface area (TPSA) is 50.5 Å². The van der Waals surface area contributed by atoms with Crippen LogP contribution < -0.4 is 0 Å². The Morgan fingerprint density at radius 3 is 1.15 bits per heavy atom. The van der Waals surface area contributed by atoms with Crippen molar-refractivity contribution >= 4 is 24.6 Å². The van der Waals surface area contributed by atoms with Gasteiger partial charge in [0.2, 0.25) is 0 Å². The maximum absolute atomic E-state index is 5.10. The van der Waals surface area contributed by atoms with E-state index < -0.39 is 0 Å². The number of hydrogen-bond donors (Lipinski definition) is 0. The molecule has 0 unspecified atom stereocenters. The van der Waals surface area contributed by atoms with Crippen LogP contribution in [-0.4, -0.2) is 22.4 Å². The van der Waals surface area contributed by atoms with Crippen LogP contribution in [0.15, 0.2) is 56.1 Å². The van der Waals surface area contributed by atoms with Crippen LogP contribution in [0.5, 0.6) is 0 Å². The van der Waals surface area contributed by atoms with Gasteiger partial charge in [-0.05, 0) is 119 Å². The van der Waals surface area contributed by atoms with Crippen molar-refractivity contribution in [1.29, 1.82) is 0 Å². The fraction of sp³-hybridized carbons (Fsp3) is 0.444. The minimum absolute atomic E-state index is 0.916. The zero-order chi connectivity index (χ0) is 28.8. The van der Waals surface area contributed by atoms with Gasteiger partial charge in [-0.15, -0.1) is 0 Å². The summed E-state index contributed by atoms with van der Waals surface area (Å²) in [4.78, 5) is 19.8. The monoisotopic (exact) mass is 534 g/mol. The molecule has 0 saturated carbocycles. The minimum atomic E-state index is 0.916. The molecule has 4 rings (SSSR count). The summed E-state index contributed by atoms with van der Waals surface area (Å²) in [5, 5.41) is 0. The van der Waals surface area contributed by atoms with Gasteiger partial charge >= 0.3 is 0 Å². The van der Waals surface area contributed by atoms with Crippen LogP contribution in [0.2, 0.25) is 0 Å². The molecule has 210 valence electrons. The Balaban J connectivity index is 1.85. The summed E-state index contributed by atoms with van der Waals surface area (Å²) in [7, 11) is 0. The van der Waals surface area contributed by atoms with Crippen molar-refractivity contribution < 1.29 is 0 Å². The lowest BCUT2D eigenvalue weighted by molar-refractivity contribution is 0.977. The molecule has 40 heavy (non-hydrogen) atoms. The number of pyridine rings is 2. The van der Waals surface area contributed by atoms with E-state index in [0.29, 0.717) is 0 Å². The van der Waals surface area contributed by atoms with Crippen LogP contribution in [0.25, 0.3) is 23.5 Å². The Kier molecular flexibility index (Phi) is 9.84. The quantitative estimate of drug-likeness (QED) is 0.288. The van der Waals surface area contributed by atoms with Crippen LogP contribution in [0.4, 0.5) is 0 Å². The van der Waals surface area contributed by atoms with E-state index in [0.717, 1.165) is 74.1 Å². The number of nitrogens with zero attached hydrogens (tertiary/aromatic N) is 4. The maximum atomic E-state index is 5.10. The first-order chi connectivity index (χ1) is 19.5. The highest BCUT2D eigenvalue weighted by molar-refractivity contribution is 5.89. The molecule has 2 aliphatic rings. The summed E-state index contributed by atoms with van der Waals surface area (Å²) in [5.41, 5.74) is 17.3. The van der Waals surface area contributed by atoms with E-state index in [1.807, 2.05) is 24.8 Å². The van der Waals surface area contributed by atoms with Gasteiger partial charge in [0.25, 0.3) is 0 Å². The van der Waals surface area contributed by atoms with Crippen molar-refractivity contribution in [1.82, 2.24) is 9.97 Å². The minimum Gasteiger partial charge on any atom is -0.256 e. The standard InChI is InChI=1S/C36H46N4/c1-9-23-19-37-33(29(23)13-5)17-25-21-39-35(31(15-7)27(25)11-3)36-32(16-8)28(12-4)26(22-40-36)18-34-30(14-6)24(10-2)20-38-34/h17-22H,9-16H2,1-8H3/b33-17-,34-18-. The number of rotatable bonds is 11. The summed E-state index contributed by atoms with van der Waals surface area (Å²) < 4.78 is 0. The Hall–Kier alpha value is -3.40. The van der Waals surface area contributed by atoms with Gasteiger partial charge in [0.05, 0.1) is 22.8 Å². The second-order valence-electron chi connectivity index (χ2n) is 10.5. The second-order valence-corrected chi connectivity index (χ2v) is 10.5. The molecule has 2 aromatic rings. The number of aliphatic imine (C=N–C) groups is 2. The maximum Gasteiger partial charge on any atom is 0.0924 e. The third-order valence-corrected chi connectivity index (χ3v) is 8.47. The number of hydrogen-bond acceptors (Lipinski definition) is 4. The normalized spacial score (nSPS) is 17.0. The van der Waals surface area contributed by atoms with Gasteiger partial charge in [-0.3, -0.25) is 20.0 Å². The predicted octanol–water partition coefficient (Wildman–Crippen LogP) is 9.48. The van der Waals surface area contributed by atoms with Crippen molar-refractivity contribution in [3.8, 4) is 11.4 Å². The second kappa shape index (κ2) is 13.3. The first-order valence-electron chi connectivity index (χ1n) is 15.5. The fourth-order valence-electron chi connectivity index (χ4n) is 6.37. The largest absolute Gasteiger partial charge is 0.256 e. The Labute approximate surface area is 241 Å². The van der Waals surface area contributed by atoms with E-state index in [1.54, 1.807) is 0 Å². The van der Waals surface area contributed by atoms with Crippen LogP contribution in [-0.2, 0) is 25.7 Å². The molecule has 0 spiro atoms. The lowest BCUT2D eigenvalue weighted by Gasteiger charge is -2.19. The fourth-order valence-corrected chi connectivity index (χ4v) is 6.37. The molecule has 0 saturated heterocycles. The molecule has 4 heterocycles. The Morgan fingerprint density at radius 2 is 0.850 bits per heavy atom. The number of aromatic nitrogens is 2. The summed E-state index contributed by atoms with van der Waals surface area (Å²) >= 11 is 0. The summed E-state index contributed by atoms with van der Waals surface area (Å²) in [6, 6.07) is 0. The van der Waals surface area contributed by atoms with E-state index in [-0.39, 0.29) is 0 Å². The highest BCUT2D eigenvalue weighted by atomic mass is 14.8. The molecule has 2 aliphatic heterocycles. The molecule has 0 atom stereocenters. The summed E-state index contributed by atoms with van der Waals surface area (Å²) in [6.07, 6.45) is 20.4. The third-order valence-electron chi connectivity index (χ3n) is 8.47. The van der Waals surface area contributed by atoms with Gasteiger partial charge in [-0.25, -0.2) is 0 Å². The lowest BCUT2D eigenvalue weighted by atomic mass is 9.90. The van der Waals surface area contributed by atoms with Crippen molar-refractivity contribution in [3.63, 3.8) is 0 Å². The summed E-state index contributed by atoms with van der Waals surface area (Å²) in [6.45, 7) is 17.8. The van der Waals surface area contributed by atoms with Gasteiger partial charge in [0.15, 0.2) is 0 Å². The number of allylic oxidation sites excluding steroid dienone is 4. The van der Waals surface area contributed by atoms with Gasteiger partial charge in [0, 0.05) is 24.8 Å². The van der Waals surface area contributed by atoms with Crippen LogP contribution in [0.1, 0.15) is 114 Å². The smallest absolute Gasteiger partial charge is 0.0924 e. The first kappa shape index (κ1) is 29.6. The molecule has 2 aromatic heterocycles. The average molecular weight is 535 g/mol. The predicted molar refractivity (Wildman–Crippen MR) is 173 cm³/mol. The molecule has 0 aromatic carbocycles. The molecular weight excluding hydrogens is 488 g/mol. The molecule has 0 aliphatic carbocycles. The van der Waals surface area contributed by atoms with Crippen molar-refractivity contribution in [2.24, 2.45) is 9.98 Å². The average Bonchev–Trinajstić information content (AvgIpc) is 3.58. The van der Waals surface area contributed by atoms with E-state index in [9.17, 15) is 0 Å². The van der Waals surface area contributed by atoms with Gasteiger partial charge in [-0.1, -0.05) is 55.4 Å². The van der Waals surface area contributed by atoms with Gasteiger partial charge in [0.1, 0.15) is 0 Å². The Morgan fingerprint density at radius 1 is 0.475 bits per heavy atom. The molecule has 0 amide bonds. The van der Waals surface area contributed by atoms with Crippen LogP contribution in [0.3, 0.4) is 0 Å². The molecule has 0 fully saturated rings. The SMILES string of the molecule is CCC1=C(CC)/C(=C/c2cnc(-c3ncc(/C=C4\N=CC(CC)=C4CC)c(CC)c3CC)c(CC)c2CC)N=C1.